The number of aromatic amines is 1. The van der Waals surface area contributed by atoms with Gasteiger partial charge < -0.3 is 19.9 Å². The number of non-ortho nitro benzene ring substituents is 1. The second kappa shape index (κ2) is 9.70. The quantitative estimate of drug-likeness (QED) is 0.382. The van der Waals surface area contributed by atoms with E-state index >= 15 is 0 Å². The summed E-state index contributed by atoms with van der Waals surface area (Å²) in [7, 11) is 0. The van der Waals surface area contributed by atoms with Crippen LogP contribution < -0.4 is 19.9 Å². The van der Waals surface area contributed by atoms with Gasteiger partial charge in [0, 0.05) is 12.1 Å². The molecule has 1 atom stereocenters. The molecule has 3 aromatic rings. The van der Waals surface area contributed by atoms with Gasteiger partial charge in [0.1, 0.15) is 12.4 Å². The lowest BCUT2D eigenvalue weighted by atomic mass is 10.1. The monoisotopic (exact) mass is 413 g/mol. The Morgan fingerprint density at radius 2 is 1.77 bits per heavy atom. The van der Waals surface area contributed by atoms with Gasteiger partial charge in [-0.2, -0.15) is 5.10 Å². The van der Waals surface area contributed by atoms with E-state index in [1.54, 1.807) is 0 Å². The fourth-order valence-corrected chi connectivity index (χ4v) is 2.74. The molecule has 0 unspecified atom stereocenters. The van der Waals surface area contributed by atoms with Crippen LogP contribution in [0.15, 0.2) is 42.5 Å². The third kappa shape index (κ3) is 5.03. The molecule has 2 aromatic carbocycles. The fourth-order valence-electron chi connectivity index (χ4n) is 2.74. The van der Waals surface area contributed by atoms with E-state index in [9.17, 15) is 10.1 Å². The Balaban J connectivity index is 1.67. The van der Waals surface area contributed by atoms with Gasteiger partial charge in [0.15, 0.2) is 23.1 Å². The molecule has 3 N–H and O–H groups in total. The zero-order valence-corrected chi connectivity index (χ0v) is 16.7. The second-order valence-corrected chi connectivity index (χ2v) is 6.23. The number of rotatable bonds is 10. The van der Waals surface area contributed by atoms with Crippen LogP contribution in [-0.2, 0) is 6.61 Å². The average molecular weight is 413 g/mol. The van der Waals surface area contributed by atoms with Crippen molar-refractivity contribution in [3.05, 3.63) is 69.8 Å². The standard InChI is InChI=1S/C20H23N5O5/c1-3-28-16-10-5-13(11-17(16)29-4-2)19(21)20-22-18(23-24-20)12-30-15-8-6-14(7-9-15)25(26)27/h5-11,19H,3-4,12,21H2,1-2H3,(H,22,23,24)/t19-/m0/s1. The predicted octanol–water partition coefficient (Wildman–Crippen LogP) is 3.14. The maximum Gasteiger partial charge on any atom is 0.269 e. The molecule has 10 heteroatoms. The fraction of sp³-hybridized carbons (Fsp3) is 0.300. The van der Waals surface area contributed by atoms with Crippen LogP contribution in [0.5, 0.6) is 17.2 Å². The summed E-state index contributed by atoms with van der Waals surface area (Å²) in [5.74, 6) is 2.64. The van der Waals surface area contributed by atoms with Crippen LogP contribution in [0.25, 0.3) is 0 Å². The predicted molar refractivity (Wildman–Crippen MR) is 109 cm³/mol. The molecule has 0 radical (unpaired) electrons. The van der Waals surface area contributed by atoms with Crippen molar-refractivity contribution in [1.29, 1.82) is 0 Å². The number of hydrogen-bond donors (Lipinski definition) is 2. The Labute approximate surface area is 173 Å². The summed E-state index contributed by atoms with van der Waals surface area (Å²) in [6.07, 6.45) is 0. The van der Waals surface area contributed by atoms with Gasteiger partial charge in [0.05, 0.1) is 24.2 Å². The van der Waals surface area contributed by atoms with Gasteiger partial charge >= 0.3 is 0 Å². The lowest BCUT2D eigenvalue weighted by Crippen LogP contribution is -2.14. The third-order valence-corrected chi connectivity index (χ3v) is 4.18. The molecule has 0 aliphatic carbocycles. The third-order valence-electron chi connectivity index (χ3n) is 4.18. The highest BCUT2D eigenvalue weighted by atomic mass is 16.6. The van der Waals surface area contributed by atoms with Crippen molar-refractivity contribution in [1.82, 2.24) is 15.2 Å². The molecule has 158 valence electrons. The number of nitrogens with one attached hydrogen (secondary N) is 1. The summed E-state index contributed by atoms with van der Waals surface area (Å²) in [6, 6.07) is 10.7. The molecule has 0 aliphatic heterocycles. The number of ether oxygens (including phenoxy) is 3. The van der Waals surface area contributed by atoms with Crippen molar-refractivity contribution in [2.75, 3.05) is 13.2 Å². The van der Waals surface area contributed by atoms with Crippen molar-refractivity contribution in [3.8, 4) is 17.2 Å². The summed E-state index contributed by atoms with van der Waals surface area (Å²) in [4.78, 5) is 14.6. The van der Waals surface area contributed by atoms with Crippen molar-refractivity contribution >= 4 is 5.69 Å². The van der Waals surface area contributed by atoms with Gasteiger partial charge in [0.2, 0.25) is 0 Å². The maximum absolute atomic E-state index is 10.7. The maximum atomic E-state index is 10.7. The van der Waals surface area contributed by atoms with Gasteiger partial charge in [-0.25, -0.2) is 4.98 Å². The molecule has 1 aromatic heterocycles. The molecule has 0 spiro atoms. The van der Waals surface area contributed by atoms with E-state index < -0.39 is 11.0 Å². The first-order valence-electron chi connectivity index (χ1n) is 9.45. The van der Waals surface area contributed by atoms with Gasteiger partial charge in [0.25, 0.3) is 5.69 Å². The van der Waals surface area contributed by atoms with E-state index in [0.29, 0.717) is 42.1 Å². The Bertz CT molecular complexity index is 990. The van der Waals surface area contributed by atoms with Gasteiger partial charge in [-0.15, -0.1) is 0 Å². The largest absolute Gasteiger partial charge is 0.490 e. The number of H-pyrrole nitrogens is 1. The van der Waals surface area contributed by atoms with Crippen LogP contribution in [-0.4, -0.2) is 33.3 Å². The van der Waals surface area contributed by atoms with Crippen LogP contribution in [0.2, 0.25) is 0 Å². The molecular formula is C20H23N5O5. The van der Waals surface area contributed by atoms with Crippen LogP contribution >= 0.6 is 0 Å². The summed E-state index contributed by atoms with van der Waals surface area (Å²) in [5, 5.41) is 17.7. The minimum atomic E-state index is -0.566. The number of nitro groups is 1. The van der Waals surface area contributed by atoms with Crippen molar-refractivity contribution in [3.63, 3.8) is 0 Å². The normalized spacial score (nSPS) is 11.7. The molecule has 3 rings (SSSR count). The zero-order chi connectivity index (χ0) is 21.5. The molecule has 0 amide bonds. The molecule has 0 saturated heterocycles. The van der Waals surface area contributed by atoms with Crippen molar-refractivity contribution in [2.24, 2.45) is 5.73 Å². The average Bonchev–Trinajstić information content (AvgIpc) is 3.22. The van der Waals surface area contributed by atoms with Crippen LogP contribution in [0.3, 0.4) is 0 Å². The molecular weight excluding hydrogens is 390 g/mol. The summed E-state index contributed by atoms with van der Waals surface area (Å²) >= 11 is 0. The SMILES string of the molecule is CCOc1ccc([C@H](N)c2n[nH]c(COc3ccc([N+](=O)[O-])cc3)n2)cc1OCC. The number of nitrogens with two attached hydrogens (primary N) is 1. The second-order valence-electron chi connectivity index (χ2n) is 6.23. The lowest BCUT2D eigenvalue weighted by Gasteiger charge is -2.14. The first-order chi connectivity index (χ1) is 14.5. The van der Waals surface area contributed by atoms with E-state index in [2.05, 4.69) is 15.2 Å². The van der Waals surface area contributed by atoms with Gasteiger partial charge in [-0.05, 0) is 43.7 Å². The summed E-state index contributed by atoms with van der Waals surface area (Å²) in [5.41, 5.74) is 7.10. The summed E-state index contributed by atoms with van der Waals surface area (Å²) in [6.45, 7) is 4.96. The Kier molecular flexibility index (Phi) is 6.81. The Morgan fingerprint density at radius 1 is 1.07 bits per heavy atom. The van der Waals surface area contributed by atoms with Gasteiger partial charge in [-0.3, -0.25) is 15.2 Å². The number of nitrogens with zero attached hydrogens (tertiary/aromatic N) is 3. The molecule has 0 fully saturated rings. The number of hydrogen-bond acceptors (Lipinski definition) is 8. The minimum absolute atomic E-state index is 0.00273. The van der Waals surface area contributed by atoms with Crippen molar-refractivity contribution < 1.29 is 19.1 Å². The van der Waals surface area contributed by atoms with E-state index in [4.69, 9.17) is 19.9 Å². The molecule has 0 bridgehead atoms. The van der Waals surface area contributed by atoms with E-state index in [0.717, 1.165) is 5.56 Å². The smallest absolute Gasteiger partial charge is 0.269 e. The number of nitro benzene ring substituents is 1. The van der Waals surface area contributed by atoms with E-state index in [1.807, 2.05) is 32.0 Å². The highest BCUT2D eigenvalue weighted by Crippen LogP contribution is 2.31. The molecule has 0 aliphatic rings. The Hall–Kier alpha value is -3.66. The number of benzene rings is 2. The molecule has 30 heavy (non-hydrogen) atoms. The zero-order valence-electron chi connectivity index (χ0n) is 16.7. The molecule has 0 saturated carbocycles. The first kappa shape index (κ1) is 21.1. The number of aromatic nitrogens is 3. The first-order valence-corrected chi connectivity index (χ1v) is 9.45. The highest BCUT2D eigenvalue weighted by Gasteiger charge is 2.17. The molecule has 1 heterocycles. The summed E-state index contributed by atoms with van der Waals surface area (Å²) < 4.78 is 16.8. The van der Waals surface area contributed by atoms with Crippen LogP contribution in [0.1, 0.15) is 37.1 Å². The van der Waals surface area contributed by atoms with Gasteiger partial charge in [-0.1, -0.05) is 6.07 Å². The van der Waals surface area contributed by atoms with Crippen molar-refractivity contribution in [2.45, 2.75) is 26.5 Å². The minimum Gasteiger partial charge on any atom is -0.490 e. The van der Waals surface area contributed by atoms with E-state index in [1.165, 1.54) is 24.3 Å². The van der Waals surface area contributed by atoms with E-state index in [-0.39, 0.29) is 12.3 Å². The van der Waals surface area contributed by atoms with Crippen LogP contribution in [0, 0.1) is 10.1 Å². The Morgan fingerprint density at radius 3 is 2.43 bits per heavy atom. The molecule has 10 nitrogen and oxygen atoms in total. The van der Waals surface area contributed by atoms with Crippen LogP contribution in [0.4, 0.5) is 5.69 Å². The topological polar surface area (TPSA) is 138 Å². The lowest BCUT2D eigenvalue weighted by molar-refractivity contribution is -0.384. The highest BCUT2D eigenvalue weighted by molar-refractivity contribution is 5.45.